The third kappa shape index (κ3) is 6.76. The Balaban J connectivity index is 1.34. The summed E-state index contributed by atoms with van der Waals surface area (Å²) in [4.78, 5) is 49.3. The normalized spacial score (nSPS) is 19.3. The Labute approximate surface area is 231 Å². The molecule has 2 aliphatic heterocycles. The topological polar surface area (TPSA) is 200 Å². The van der Waals surface area contributed by atoms with Crippen LogP contribution in [0, 0.1) is 0 Å². The number of nitrogens with one attached hydrogen (secondary N) is 2. The first-order valence-corrected chi connectivity index (χ1v) is 14.1. The standard InChI is InChI=1S/C23H27N7O7S2/c31-15(32)7-4-8-24-9-10-29-23(26-27-28-29)39-12-14-11-38-21-16(20(35)30(21)17(14)22(36)37)25-19(34)18(33)13-5-2-1-3-6-13/h1-3,5-6,16,18,21,24,33H,4,7-12H2,(H,25,34)(H,31,32)(H,36,37)/t16?,18-,21-/m1/s1. The predicted molar refractivity (Wildman–Crippen MR) is 139 cm³/mol. The maximum absolute atomic E-state index is 12.9. The van der Waals surface area contributed by atoms with E-state index in [4.69, 9.17) is 5.11 Å². The van der Waals surface area contributed by atoms with Crippen molar-refractivity contribution in [3.8, 4) is 0 Å². The summed E-state index contributed by atoms with van der Waals surface area (Å²) in [7, 11) is 0. The van der Waals surface area contributed by atoms with Gasteiger partial charge in [0.05, 0.1) is 6.54 Å². The summed E-state index contributed by atoms with van der Waals surface area (Å²) in [6.45, 7) is 1.50. The molecule has 16 heteroatoms. The summed E-state index contributed by atoms with van der Waals surface area (Å²) in [5.41, 5.74) is 0.790. The summed E-state index contributed by atoms with van der Waals surface area (Å²) >= 11 is 2.57. The molecule has 4 rings (SSSR count). The van der Waals surface area contributed by atoms with E-state index in [1.165, 1.54) is 28.4 Å². The first kappa shape index (κ1) is 28.5. The van der Waals surface area contributed by atoms with Crippen molar-refractivity contribution in [1.82, 2.24) is 35.7 Å². The fourth-order valence-electron chi connectivity index (χ4n) is 4.08. The van der Waals surface area contributed by atoms with E-state index in [0.29, 0.717) is 48.1 Å². The zero-order chi connectivity index (χ0) is 27.9. The van der Waals surface area contributed by atoms with Gasteiger partial charge in [0.2, 0.25) is 5.16 Å². The van der Waals surface area contributed by atoms with Crippen molar-refractivity contribution < 1.29 is 34.5 Å². The first-order valence-electron chi connectivity index (χ1n) is 12.0. The van der Waals surface area contributed by atoms with E-state index < -0.39 is 41.3 Å². The van der Waals surface area contributed by atoms with Crippen molar-refractivity contribution >= 4 is 47.3 Å². The van der Waals surface area contributed by atoms with Crippen LogP contribution < -0.4 is 10.6 Å². The maximum Gasteiger partial charge on any atom is 0.352 e. The molecule has 0 bridgehead atoms. The Kier molecular flexibility index (Phi) is 9.55. The maximum atomic E-state index is 12.9. The lowest BCUT2D eigenvalue weighted by Gasteiger charge is -2.49. The number of aliphatic hydroxyl groups excluding tert-OH is 1. The molecular formula is C23H27N7O7S2. The van der Waals surface area contributed by atoms with Crippen LogP contribution in [0.2, 0.25) is 0 Å². The number of carboxylic acids is 2. The average Bonchev–Trinajstić information content (AvgIpc) is 3.38. The van der Waals surface area contributed by atoms with E-state index in [2.05, 4.69) is 26.2 Å². The van der Waals surface area contributed by atoms with E-state index in [1.54, 1.807) is 35.0 Å². The number of aliphatic hydroxyl groups is 1. The molecule has 0 saturated carbocycles. The number of fused-ring (bicyclic) bond motifs is 1. The molecule has 2 aromatic rings. The third-order valence-corrected chi connectivity index (χ3v) is 8.41. The van der Waals surface area contributed by atoms with Gasteiger partial charge in [-0.05, 0) is 34.5 Å². The fraction of sp³-hybridized carbons (Fsp3) is 0.435. The van der Waals surface area contributed by atoms with Crippen LogP contribution in [-0.2, 0) is 25.7 Å². The number of benzene rings is 1. The van der Waals surface area contributed by atoms with E-state index >= 15 is 0 Å². The highest BCUT2D eigenvalue weighted by Gasteiger charge is 2.54. The lowest BCUT2D eigenvalue weighted by atomic mass is 10.0. The van der Waals surface area contributed by atoms with Crippen molar-refractivity contribution in [3.63, 3.8) is 0 Å². The van der Waals surface area contributed by atoms with Crippen LogP contribution in [0.25, 0.3) is 0 Å². The van der Waals surface area contributed by atoms with E-state index in [1.807, 2.05) is 0 Å². The van der Waals surface area contributed by atoms with Crippen LogP contribution in [0.5, 0.6) is 0 Å². The van der Waals surface area contributed by atoms with Gasteiger partial charge in [0.1, 0.15) is 17.1 Å². The molecule has 5 N–H and O–H groups in total. The monoisotopic (exact) mass is 577 g/mol. The number of amides is 2. The zero-order valence-electron chi connectivity index (χ0n) is 20.6. The van der Waals surface area contributed by atoms with Gasteiger partial charge in [-0.1, -0.05) is 42.1 Å². The van der Waals surface area contributed by atoms with Crippen LogP contribution in [0.3, 0.4) is 0 Å². The van der Waals surface area contributed by atoms with Crippen molar-refractivity contribution in [3.05, 3.63) is 47.2 Å². The lowest BCUT2D eigenvalue weighted by Crippen LogP contribution is -2.70. The van der Waals surface area contributed by atoms with Gasteiger partial charge in [-0.3, -0.25) is 19.3 Å². The second-order valence-electron chi connectivity index (χ2n) is 8.69. The Bertz CT molecular complexity index is 1260. The van der Waals surface area contributed by atoms with Gasteiger partial charge in [0.25, 0.3) is 11.8 Å². The van der Waals surface area contributed by atoms with Gasteiger partial charge < -0.3 is 26.0 Å². The largest absolute Gasteiger partial charge is 0.481 e. The Hall–Kier alpha value is -3.47. The van der Waals surface area contributed by atoms with Crippen molar-refractivity contribution in [2.24, 2.45) is 0 Å². The average molecular weight is 578 g/mol. The number of hydrogen-bond acceptors (Lipinski definition) is 11. The highest BCUT2D eigenvalue weighted by atomic mass is 32.2. The molecule has 39 heavy (non-hydrogen) atoms. The molecule has 208 valence electrons. The summed E-state index contributed by atoms with van der Waals surface area (Å²) in [6.07, 6.45) is -0.861. The molecule has 1 aromatic carbocycles. The number of aliphatic carboxylic acids is 2. The molecule has 1 saturated heterocycles. The SMILES string of the molecule is O=C(O)CCCNCCn1nnnc1SCC1=C(C(=O)O)N2C(=O)C(NC(=O)[C@H](O)c3ccccc3)[C@H]2SC1. The van der Waals surface area contributed by atoms with Crippen LogP contribution in [0.15, 0.2) is 46.8 Å². The number of tetrazole rings is 1. The summed E-state index contributed by atoms with van der Waals surface area (Å²) < 4.78 is 1.56. The van der Waals surface area contributed by atoms with E-state index in [0.717, 1.165) is 0 Å². The molecule has 0 spiro atoms. The molecule has 1 aromatic heterocycles. The predicted octanol–water partition coefficient (Wildman–Crippen LogP) is -0.308. The van der Waals surface area contributed by atoms with Gasteiger partial charge in [0, 0.05) is 24.5 Å². The molecule has 0 radical (unpaired) electrons. The van der Waals surface area contributed by atoms with Crippen LogP contribution >= 0.6 is 23.5 Å². The fourth-order valence-corrected chi connectivity index (χ4v) is 6.47. The highest BCUT2D eigenvalue weighted by molar-refractivity contribution is 8.01. The number of β-lactam (4-membered cyclic amide) rings is 1. The smallest absolute Gasteiger partial charge is 0.352 e. The molecule has 3 heterocycles. The summed E-state index contributed by atoms with van der Waals surface area (Å²) in [5.74, 6) is -2.82. The Morgan fingerprint density at radius 1 is 1.18 bits per heavy atom. The minimum absolute atomic E-state index is 0.0845. The van der Waals surface area contributed by atoms with Crippen LogP contribution in [0.4, 0.5) is 0 Å². The van der Waals surface area contributed by atoms with Gasteiger partial charge in [-0.25, -0.2) is 9.48 Å². The minimum Gasteiger partial charge on any atom is -0.481 e. The molecule has 14 nitrogen and oxygen atoms in total. The molecule has 2 amide bonds. The highest BCUT2D eigenvalue weighted by Crippen LogP contribution is 2.41. The second-order valence-corrected chi connectivity index (χ2v) is 10.7. The molecule has 1 unspecified atom stereocenters. The number of carboxylic acid groups (broad SMARTS) is 2. The van der Waals surface area contributed by atoms with Gasteiger partial charge in [-0.15, -0.1) is 16.9 Å². The zero-order valence-corrected chi connectivity index (χ0v) is 22.2. The summed E-state index contributed by atoms with van der Waals surface area (Å²) in [6, 6.07) is 7.37. The number of thioether (sulfide) groups is 2. The molecule has 0 aliphatic carbocycles. The first-order chi connectivity index (χ1) is 18.8. The molecule has 2 aliphatic rings. The van der Waals surface area contributed by atoms with E-state index in [-0.39, 0.29) is 17.9 Å². The molecular weight excluding hydrogens is 550 g/mol. The molecule has 1 fully saturated rings. The number of aromatic nitrogens is 4. The number of nitrogens with zero attached hydrogens (tertiary/aromatic N) is 5. The van der Waals surface area contributed by atoms with Crippen molar-refractivity contribution in [2.45, 2.75) is 42.1 Å². The van der Waals surface area contributed by atoms with Gasteiger partial charge in [-0.2, -0.15) is 0 Å². The minimum atomic E-state index is -1.45. The van der Waals surface area contributed by atoms with Crippen LogP contribution in [0.1, 0.15) is 24.5 Å². The summed E-state index contributed by atoms with van der Waals surface area (Å²) in [5, 5.41) is 46.1. The van der Waals surface area contributed by atoms with Crippen LogP contribution in [-0.4, -0.2) is 100 Å². The lowest BCUT2D eigenvalue weighted by molar-refractivity contribution is -0.151. The number of rotatable bonds is 14. The number of hydrogen-bond donors (Lipinski definition) is 5. The quantitative estimate of drug-likeness (QED) is 0.111. The van der Waals surface area contributed by atoms with E-state index in [9.17, 15) is 29.4 Å². The van der Waals surface area contributed by atoms with Gasteiger partial charge in [0.15, 0.2) is 6.10 Å². The number of carbonyl (C=O) groups excluding carboxylic acids is 2. The van der Waals surface area contributed by atoms with Gasteiger partial charge >= 0.3 is 11.9 Å². The van der Waals surface area contributed by atoms with Crippen molar-refractivity contribution in [1.29, 1.82) is 0 Å². The Morgan fingerprint density at radius 3 is 2.67 bits per heavy atom. The Morgan fingerprint density at radius 2 is 1.95 bits per heavy atom. The van der Waals surface area contributed by atoms with Crippen molar-refractivity contribution in [2.75, 3.05) is 24.6 Å². The number of carbonyl (C=O) groups is 4. The molecule has 3 atom stereocenters. The second kappa shape index (κ2) is 13.1. The third-order valence-electron chi connectivity index (χ3n) is 6.03.